The predicted molar refractivity (Wildman–Crippen MR) is 71.0 cm³/mol. The maximum absolute atomic E-state index is 10.3. The number of benzene rings is 1. The summed E-state index contributed by atoms with van der Waals surface area (Å²) in [6, 6.07) is 4.10. The molecular formula is C14H19NO3. The monoisotopic (exact) mass is 249 g/mol. The second-order valence-electron chi connectivity index (χ2n) is 4.12. The van der Waals surface area contributed by atoms with E-state index in [0.29, 0.717) is 13.1 Å². The van der Waals surface area contributed by atoms with Gasteiger partial charge in [0.05, 0.1) is 7.11 Å². The number of carboxylic acid groups (broad SMARTS) is 1. The van der Waals surface area contributed by atoms with Gasteiger partial charge >= 0.3 is 5.97 Å². The van der Waals surface area contributed by atoms with Gasteiger partial charge in [0.1, 0.15) is 5.75 Å². The number of rotatable bonds is 6. The quantitative estimate of drug-likeness (QED) is 0.598. The van der Waals surface area contributed by atoms with E-state index in [9.17, 15) is 4.79 Å². The molecule has 0 radical (unpaired) electrons. The first kappa shape index (κ1) is 14.3. The fourth-order valence-corrected chi connectivity index (χ4v) is 1.63. The Morgan fingerprint density at radius 3 is 2.67 bits per heavy atom. The number of hydrogen-bond acceptors (Lipinski definition) is 3. The van der Waals surface area contributed by atoms with Crippen LogP contribution in [0.1, 0.15) is 16.7 Å². The van der Waals surface area contributed by atoms with Crippen molar-refractivity contribution in [3.05, 3.63) is 41.0 Å². The Kier molecular flexibility index (Phi) is 5.39. The molecule has 0 atom stereocenters. The number of carbonyl (C=O) groups is 1. The number of nitrogens with one attached hydrogen (secondary N) is 1. The Hall–Kier alpha value is -1.81. The minimum absolute atomic E-state index is 0.516. The molecule has 1 aromatic carbocycles. The van der Waals surface area contributed by atoms with E-state index in [-0.39, 0.29) is 0 Å². The number of aliphatic carboxylic acids is 1. The summed E-state index contributed by atoms with van der Waals surface area (Å²) >= 11 is 0. The van der Waals surface area contributed by atoms with Crippen molar-refractivity contribution in [2.75, 3.05) is 13.7 Å². The topological polar surface area (TPSA) is 58.6 Å². The van der Waals surface area contributed by atoms with Crippen LogP contribution in [0.3, 0.4) is 0 Å². The van der Waals surface area contributed by atoms with Crippen LogP contribution in [0.2, 0.25) is 0 Å². The van der Waals surface area contributed by atoms with Gasteiger partial charge in [0.2, 0.25) is 0 Å². The van der Waals surface area contributed by atoms with Gasteiger partial charge in [-0.15, -0.1) is 0 Å². The highest BCUT2D eigenvalue weighted by Crippen LogP contribution is 2.22. The molecule has 1 aromatic rings. The highest BCUT2D eigenvalue weighted by atomic mass is 16.5. The Labute approximate surface area is 107 Å². The molecule has 18 heavy (non-hydrogen) atoms. The molecule has 0 heterocycles. The highest BCUT2D eigenvalue weighted by Gasteiger charge is 2.04. The van der Waals surface area contributed by atoms with Gasteiger partial charge < -0.3 is 15.2 Å². The van der Waals surface area contributed by atoms with Crippen LogP contribution < -0.4 is 10.1 Å². The zero-order valence-corrected chi connectivity index (χ0v) is 11.0. The Bertz CT molecular complexity index is 453. The molecule has 0 spiro atoms. The molecule has 0 saturated carbocycles. The fraction of sp³-hybridized carbons (Fsp3) is 0.357. The summed E-state index contributed by atoms with van der Waals surface area (Å²) in [4.78, 5) is 10.3. The molecule has 0 bridgehead atoms. The van der Waals surface area contributed by atoms with Gasteiger partial charge in [-0.05, 0) is 31.0 Å². The van der Waals surface area contributed by atoms with Crippen molar-refractivity contribution in [2.24, 2.45) is 0 Å². The third-order valence-corrected chi connectivity index (χ3v) is 2.73. The summed E-state index contributed by atoms with van der Waals surface area (Å²) in [6.45, 7) is 5.27. The first-order valence-corrected chi connectivity index (χ1v) is 5.79. The highest BCUT2D eigenvalue weighted by molar-refractivity contribution is 5.79. The molecule has 0 aliphatic heterocycles. The molecule has 0 fully saturated rings. The number of carboxylic acids is 1. The van der Waals surface area contributed by atoms with Crippen molar-refractivity contribution in [3.8, 4) is 5.75 Å². The maximum atomic E-state index is 10.3. The molecule has 2 N–H and O–H groups in total. The number of aryl methyl sites for hydroxylation is 2. The summed E-state index contributed by atoms with van der Waals surface area (Å²) in [6.07, 6.45) is 2.71. The largest absolute Gasteiger partial charge is 0.496 e. The maximum Gasteiger partial charge on any atom is 0.328 e. The van der Waals surface area contributed by atoms with Gasteiger partial charge in [-0.1, -0.05) is 12.1 Å². The van der Waals surface area contributed by atoms with Gasteiger partial charge in [0, 0.05) is 24.7 Å². The molecule has 0 aliphatic rings. The van der Waals surface area contributed by atoms with E-state index < -0.39 is 5.97 Å². The van der Waals surface area contributed by atoms with Gasteiger partial charge in [-0.25, -0.2) is 4.79 Å². The SMILES string of the molecule is COc1cc(C)c(C)cc1CNC/C=C/C(=O)O. The lowest BCUT2D eigenvalue weighted by molar-refractivity contribution is -0.131. The average Bonchev–Trinajstić information content (AvgIpc) is 2.32. The summed E-state index contributed by atoms with van der Waals surface area (Å²) < 4.78 is 5.32. The van der Waals surface area contributed by atoms with E-state index in [2.05, 4.69) is 18.3 Å². The Morgan fingerprint density at radius 2 is 2.06 bits per heavy atom. The minimum Gasteiger partial charge on any atom is -0.496 e. The molecule has 98 valence electrons. The zero-order valence-electron chi connectivity index (χ0n) is 11.0. The molecule has 0 amide bonds. The Morgan fingerprint density at radius 1 is 1.39 bits per heavy atom. The average molecular weight is 249 g/mol. The van der Waals surface area contributed by atoms with Gasteiger partial charge in [0.15, 0.2) is 0 Å². The first-order chi connectivity index (χ1) is 8.54. The molecule has 4 heteroatoms. The number of hydrogen-bond donors (Lipinski definition) is 2. The van der Waals surface area contributed by atoms with Gasteiger partial charge in [0.25, 0.3) is 0 Å². The second-order valence-corrected chi connectivity index (χ2v) is 4.12. The zero-order chi connectivity index (χ0) is 13.5. The van der Waals surface area contributed by atoms with E-state index in [0.717, 1.165) is 17.4 Å². The number of ether oxygens (including phenoxy) is 1. The smallest absolute Gasteiger partial charge is 0.328 e. The van der Waals surface area contributed by atoms with Crippen LogP contribution in [0.15, 0.2) is 24.3 Å². The summed E-state index contributed by atoms with van der Waals surface area (Å²) in [5.41, 5.74) is 3.49. The van der Waals surface area contributed by atoms with E-state index in [1.54, 1.807) is 13.2 Å². The van der Waals surface area contributed by atoms with E-state index in [4.69, 9.17) is 9.84 Å². The summed E-state index contributed by atoms with van der Waals surface area (Å²) in [7, 11) is 1.65. The summed E-state index contributed by atoms with van der Waals surface area (Å²) in [5, 5.41) is 11.6. The molecule has 0 aromatic heterocycles. The van der Waals surface area contributed by atoms with Crippen molar-refractivity contribution < 1.29 is 14.6 Å². The van der Waals surface area contributed by atoms with Crippen LogP contribution in [0, 0.1) is 13.8 Å². The Balaban J connectivity index is 2.61. The van der Waals surface area contributed by atoms with Crippen molar-refractivity contribution in [1.82, 2.24) is 5.32 Å². The van der Waals surface area contributed by atoms with Crippen LogP contribution in [-0.4, -0.2) is 24.7 Å². The minimum atomic E-state index is -0.930. The van der Waals surface area contributed by atoms with E-state index in [1.807, 2.05) is 13.0 Å². The van der Waals surface area contributed by atoms with Crippen LogP contribution in [0.25, 0.3) is 0 Å². The van der Waals surface area contributed by atoms with Gasteiger partial charge in [-0.2, -0.15) is 0 Å². The molecule has 0 aliphatic carbocycles. The predicted octanol–water partition coefficient (Wildman–Crippen LogP) is 2.04. The first-order valence-electron chi connectivity index (χ1n) is 5.79. The van der Waals surface area contributed by atoms with Crippen LogP contribution in [0.4, 0.5) is 0 Å². The fourth-order valence-electron chi connectivity index (χ4n) is 1.63. The lowest BCUT2D eigenvalue weighted by Crippen LogP contribution is -2.14. The lowest BCUT2D eigenvalue weighted by Gasteiger charge is -2.12. The molecule has 0 saturated heterocycles. The number of methoxy groups -OCH3 is 1. The van der Waals surface area contributed by atoms with Gasteiger partial charge in [-0.3, -0.25) is 0 Å². The normalized spacial score (nSPS) is 10.8. The van der Waals surface area contributed by atoms with Crippen LogP contribution >= 0.6 is 0 Å². The standard InChI is InChI=1S/C14H19NO3/c1-10-7-12(13(18-3)8-11(10)2)9-15-6-4-5-14(16)17/h4-5,7-8,15H,6,9H2,1-3H3,(H,16,17)/b5-4+. The van der Waals surface area contributed by atoms with Crippen molar-refractivity contribution in [3.63, 3.8) is 0 Å². The molecule has 1 rings (SSSR count). The van der Waals surface area contributed by atoms with E-state index in [1.165, 1.54) is 11.1 Å². The molecular weight excluding hydrogens is 230 g/mol. The van der Waals surface area contributed by atoms with Crippen molar-refractivity contribution in [2.45, 2.75) is 20.4 Å². The van der Waals surface area contributed by atoms with Crippen LogP contribution in [-0.2, 0) is 11.3 Å². The third-order valence-electron chi connectivity index (χ3n) is 2.73. The molecule has 4 nitrogen and oxygen atoms in total. The molecule has 0 unspecified atom stereocenters. The lowest BCUT2D eigenvalue weighted by atomic mass is 10.0. The second kappa shape index (κ2) is 6.81. The van der Waals surface area contributed by atoms with Crippen molar-refractivity contribution >= 4 is 5.97 Å². The summed E-state index contributed by atoms with van der Waals surface area (Å²) in [5.74, 6) is -0.0756. The third kappa shape index (κ3) is 4.22. The van der Waals surface area contributed by atoms with E-state index >= 15 is 0 Å². The van der Waals surface area contributed by atoms with Crippen LogP contribution in [0.5, 0.6) is 5.75 Å². The van der Waals surface area contributed by atoms with Crippen molar-refractivity contribution in [1.29, 1.82) is 0 Å².